The zero-order chi connectivity index (χ0) is 14.5. The van der Waals surface area contributed by atoms with E-state index in [0.29, 0.717) is 11.5 Å². The third-order valence-corrected chi connectivity index (χ3v) is 4.27. The first kappa shape index (κ1) is 15.1. The minimum atomic E-state index is -0.247. The average Bonchev–Trinajstić information content (AvgIpc) is 2.79. The van der Waals surface area contributed by atoms with Gasteiger partial charge in [0.2, 0.25) is 5.91 Å². The van der Waals surface area contributed by atoms with Crippen LogP contribution in [0.1, 0.15) is 5.56 Å². The number of carbonyl (C=O) groups excluding carboxylic acids is 2. The molecule has 1 unspecified atom stereocenters. The fourth-order valence-electron chi connectivity index (χ4n) is 1.64. The van der Waals surface area contributed by atoms with E-state index in [1.165, 1.54) is 11.8 Å². The monoisotopic (exact) mass is 358 g/mol. The number of hydrogen-bond donors (Lipinski definition) is 4. The van der Waals surface area contributed by atoms with Gasteiger partial charge in [0.25, 0.3) is 0 Å². The average molecular weight is 359 g/mol. The Labute approximate surface area is 129 Å². The highest BCUT2D eigenvalue weighted by Crippen LogP contribution is 2.23. The molecule has 3 amide bonds. The molecule has 108 valence electrons. The molecule has 6 nitrogen and oxygen atoms in total. The largest absolute Gasteiger partial charge is 0.330 e. The lowest BCUT2D eigenvalue weighted by molar-refractivity contribution is -0.113. The molecule has 1 heterocycles. The predicted octanol–water partition coefficient (Wildman–Crippen LogP) is 1.57. The van der Waals surface area contributed by atoms with Gasteiger partial charge in [-0.15, -0.1) is 11.8 Å². The molecule has 8 heteroatoms. The summed E-state index contributed by atoms with van der Waals surface area (Å²) in [7, 11) is 0. The maximum atomic E-state index is 11.8. The van der Waals surface area contributed by atoms with Gasteiger partial charge in [-0.2, -0.15) is 0 Å². The summed E-state index contributed by atoms with van der Waals surface area (Å²) in [6.45, 7) is 1.99. The van der Waals surface area contributed by atoms with Gasteiger partial charge in [0.1, 0.15) is 6.17 Å². The van der Waals surface area contributed by atoms with Crippen molar-refractivity contribution >= 4 is 45.3 Å². The van der Waals surface area contributed by atoms with Gasteiger partial charge in [0, 0.05) is 10.2 Å². The van der Waals surface area contributed by atoms with Crippen molar-refractivity contribution in [1.29, 1.82) is 0 Å². The Morgan fingerprint density at radius 3 is 2.95 bits per heavy atom. The van der Waals surface area contributed by atoms with Crippen LogP contribution in [0.2, 0.25) is 0 Å². The Hall–Kier alpha value is -1.25. The normalized spacial score (nSPS) is 17.5. The molecule has 1 saturated heterocycles. The molecule has 1 aliphatic heterocycles. The fraction of sp³-hybridized carbons (Fsp3) is 0.333. The molecule has 1 aromatic rings. The quantitative estimate of drug-likeness (QED) is 0.643. The van der Waals surface area contributed by atoms with E-state index in [4.69, 9.17) is 0 Å². The highest BCUT2D eigenvalue weighted by atomic mass is 79.9. The van der Waals surface area contributed by atoms with Gasteiger partial charge >= 0.3 is 6.03 Å². The Bertz CT molecular complexity index is 526. The van der Waals surface area contributed by atoms with E-state index in [-0.39, 0.29) is 18.1 Å². The maximum absolute atomic E-state index is 11.8. The molecule has 1 aromatic carbocycles. The number of anilines is 1. The van der Waals surface area contributed by atoms with Gasteiger partial charge in [-0.3, -0.25) is 10.2 Å². The van der Waals surface area contributed by atoms with Crippen LogP contribution < -0.4 is 21.5 Å². The van der Waals surface area contributed by atoms with Gasteiger partial charge in [0.15, 0.2) is 0 Å². The first-order valence-corrected chi connectivity index (χ1v) is 7.95. The van der Waals surface area contributed by atoms with Gasteiger partial charge in [-0.25, -0.2) is 10.2 Å². The van der Waals surface area contributed by atoms with E-state index in [2.05, 4.69) is 37.4 Å². The SMILES string of the molecule is Cc1ccc(NC(=O)CSCC2NNC(=O)N2)c(Br)c1. The summed E-state index contributed by atoms with van der Waals surface area (Å²) in [4.78, 5) is 22.7. The lowest BCUT2D eigenvalue weighted by Crippen LogP contribution is -2.36. The number of halogens is 1. The van der Waals surface area contributed by atoms with Crippen LogP contribution in [0.4, 0.5) is 10.5 Å². The number of benzene rings is 1. The zero-order valence-corrected chi connectivity index (χ0v) is 13.2. The maximum Gasteiger partial charge on any atom is 0.330 e. The number of rotatable bonds is 5. The molecule has 0 aliphatic carbocycles. The molecular weight excluding hydrogens is 344 g/mol. The number of carbonyl (C=O) groups is 2. The van der Waals surface area contributed by atoms with E-state index >= 15 is 0 Å². The lowest BCUT2D eigenvalue weighted by Gasteiger charge is -2.10. The van der Waals surface area contributed by atoms with Crippen LogP contribution in [0, 0.1) is 6.92 Å². The smallest absolute Gasteiger partial charge is 0.324 e. The van der Waals surface area contributed by atoms with Crippen LogP contribution in [0.15, 0.2) is 22.7 Å². The summed E-state index contributed by atoms with van der Waals surface area (Å²) in [6, 6.07) is 5.51. The number of nitrogens with one attached hydrogen (secondary N) is 4. The van der Waals surface area contributed by atoms with E-state index in [9.17, 15) is 9.59 Å². The summed E-state index contributed by atoms with van der Waals surface area (Å²) in [5.74, 6) is 0.868. The number of amides is 3. The van der Waals surface area contributed by atoms with E-state index in [1.807, 2.05) is 25.1 Å². The van der Waals surface area contributed by atoms with Gasteiger partial charge in [-0.05, 0) is 40.5 Å². The van der Waals surface area contributed by atoms with Gasteiger partial charge < -0.3 is 10.6 Å². The van der Waals surface area contributed by atoms with E-state index in [1.54, 1.807) is 0 Å². The first-order valence-electron chi connectivity index (χ1n) is 6.00. The zero-order valence-electron chi connectivity index (χ0n) is 10.8. The molecule has 20 heavy (non-hydrogen) atoms. The van der Waals surface area contributed by atoms with Crippen molar-refractivity contribution < 1.29 is 9.59 Å². The molecule has 0 bridgehead atoms. The van der Waals surface area contributed by atoms with Crippen molar-refractivity contribution in [2.24, 2.45) is 0 Å². The first-order chi connectivity index (χ1) is 9.54. The second-order valence-electron chi connectivity index (χ2n) is 4.34. The molecule has 0 spiro atoms. The second kappa shape index (κ2) is 6.96. The van der Waals surface area contributed by atoms with Crippen LogP contribution >= 0.6 is 27.7 Å². The number of urea groups is 1. The third-order valence-electron chi connectivity index (χ3n) is 2.58. The Balaban J connectivity index is 1.73. The summed E-state index contributed by atoms with van der Waals surface area (Å²) < 4.78 is 0.866. The second-order valence-corrected chi connectivity index (χ2v) is 6.23. The van der Waals surface area contributed by atoms with Gasteiger partial charge in [0.05, 0.1) is 11.4 Å². The van der Waals surface area contributed by atoms with E-state index < -0.39 is 0 Å². The molecular formula is C12H15BrN4O2S. The van der Waals surface area contributed by atoms with Crippen LogP contribution in [-0.2, 0) is 4.79 Å². The summed E-state index contributed by atoms with van der Waals surface area (Å²) in [5.41, 5.74) is 7.10. The number of hydrazine groups is 1. The molecule has 1 atom stereocenters. The van der Waals surface area contributed by atoms with E-state index in [0.717, 1.165) is 15.7 Å². The van der Waals surface area contributed by atoms with Crippen LogP contribution in [0.5, 0.6) is 0 Å². The minimum absolute atomic E-state index is 0.0724. The van der Waals surface area contributed by atoms with Gasteiger partial charge in [-0.1, -0.05) is 6.07 Å². The summed E-state index contributed by atoms with van der Waals surface area (Å²) >= 11 is 4.86. The van der Waals surface area contributed by atoms with Crippen molar-refractivity contribution in [3.63, 3.8) is 0 Å². The molecule has 1 fully saturated rings. The van der Waals surface area contributed by atoms with Crippen molar-refractivity contribution in [3.8, 4) is 0 Å². The highest BCUT2D eigenvalue weighted by Gasteiger charge is 2.19. The fourth-order valence-corrected chi connectivity index (χ4v) is 3.01. The van der Waals surface area contributed by atoms with Crippen LogP contribution in [0.3, 0.4) is 0 Å². The van der Waals surface area contributed by atoms with Crippen LogP contribution in [-0.4, -0.2) is 29.6 Å². The minimum Gasteiger partial charge on any atom is -0.324 e. The lowest BCUT2D eigenvalue weighted by atomic mass is 10.2. The predicted molar refractivity (Wildman–Crippen MR) is 83.4 cm³/mol. The number of hydrogen-bond acceptors (Lipinski definition) is 4. The Kier molecular flexibility index (Phi) is 5.27. The Morgan fingerprint density at radius 1 is 1.50 bits per heavy atom. The number of thioether (sulfide) groups is 1. The summed E-state index contributed by atoms with van der Waals surface area (Å²) in [6.07, 6.45) is -0.147. The third kappa shape index (κ3) is 4.39. The molecule has 4 N–H and O–H groups in total. The summed E-state index contributed by atoms with van der Waals surface area (Å²) in [5, 5.41) is 5.51. The number of aryl methyl sites for hydroxylation is 1. The van der Waals surface area contributed by atoms with Crippen molar-refractivity contribution in [3.05, 3.63) is 28.2 Å². The molecule has 1 aliphatic rings. The van der Waals surface area contributed by atoms with Crippen molar-refractivity contribution in [2.45, 2.75) is 13.1 Å². The standard InChI is InChI=1S/C12H15BrN4O2S/c1-7-2-3-9(8(13)4-7)14-11(18)6-20-5-10-15-12(19)17-16-10/h2-4,10,16H,5-6H2,1H3,(H,14,18)(H2,15,17,19). The van der Waals surface area contributed by atoms with Crippen molar-refractivity contribution in [1.82, 2.24) is 16.2 Å². The highest BCUT2D eigenvalue weighted by molar-refractivity contribution is 9.10. The Morgan fingerprint density at radius 2 is 2.30 bits per heavy atom. The molecule has 0 radical (unpaired) electrons. The molecule has 0 saturated carbocycles. The van der Waals surface area contributed by atoms with Crippen LogP contribution in [0.25, 0.3) is 0 Å². The molecule has 0 aromatic heterocycles. The topological polar surface area (TPSA) is 82.3 Å². The molecule has 2 rings (SSSR count). The van der Waals surface area contributed by atoms with Crippen molar-refractivity contribution in [2.75, 3.05) is 16.8 Å².